The van der Waals surface area contributed by atoms with Crippen LogP contribution in [-0.2, 0) is 23.6 Å². The molecule has 7 nitrogen and oxygen atoms in total. The van der Waals surface area contributed by atoms with E-state index in [1.807, 2.05) is 0 Å². The van der Waals surface area contributed by atoms with E-state index in [1.165, 1.54) is 12.1 Å². The average Bonchev–Trinajstić information content (AvgIpc) is 2.43. The molecule has 0 bridgehead atoms. The maximum absolute atomic E-state index is 11.6. The van der Waals surface area contributed by atoms with Gasteiger partial charge < -0.3 is 19.5 Å². The smallest absolute Gasteiger partial charge is 0.354 e. The predicted molar refractivity (Wildman–Crippen MR) is 69.3 cm³/mol. The van der Waals surface area contributed by atoms with E-state index in [0.717, 1.165) is 0 Å². The number of aliphatic hydroxyl groups excluding tert-OH is 1. The fraction of sp³-hybridized carbons (Fsp3) is 0.250. The third-order valence-electron chi connectivity index (χ3n) is 2.31. The van der Waals surface area contributed by atoms with Gasteiger partial charge >= 0.3 is 17.9 Å². The van der Waals surface area contributed by atoms with Gasteiger partial charge in [-0.25, -0.2) is 9.59 Å². The Hall–Kier alpha value is -1.98. The van der Waals surface area contributed by atoms with Crippen molar-refractivity contribution in [1.29, 1.82) is 0 Å². The minimum absolute atomic E-state index is 0.343. The van der Waals surface area contributed by atoms with E-state index in [4.69, 9.17) is 9.84 Å². The van der Waals surface area contributed by atoms with Gasteiger partial charge in [-0.1, -0.05) is 30.3 Å². The van der Waals surface area contributed by atoms with Crippen LogP contribution in [0, 0.1) is 0 Å². The molecule has 0 radical (unpaired) electrons. The van der Waals surface area contributed by atoms with Crippen LogP contribution in [0.15, 0.2) is 30.3 Å². The second-order valence-electron chi connectivity index (χ2n) is 3.78. The first kappa shape index (κ1) is 16.1. The third kappa shape index (κ3) is 4.60. The van der Waals surface area contributed by atoms with E-state index in [0.29, 0.717) is 5.56 Å². The van der Waals surface area contributed by atoms with Crippen molar-refractivity contribution in [1.82, 2.24) is 0 Å². The van der Waals surface area contributed by atoms with Crippen molar-refractivity contribution in [3.8, 4) is 0 Å². The molecule has 0 aliphatic carbocycles. The molecule has 0 saturated heterocycles. The molecule has 0 fully saturated rings. The lowest BCUT2D eigenvalue weighted by molar-refractivity contribution is -0.170. The van der Waals surface area contributed by atoms with E-state index in [1.54, 1.807) is 27.7 Å². The second kappa shape index (κ2) is 7.57. The third-order valence-corrected chi connectivity index (χ3v) is 2.54. The lowest BCUT2D eigenvalue weighted by atomic mass is 10.1. The first-order valence-electron chi connectivity index (χ1n) is 5.51. The number of esters is 1. The van der Waals surface area contributed by atoms with Crippen LogP contribution in [0.5, 0.6) is 0 Å². The summed E-state index contributed by atoms with van der Waals surface area (Å²) in [6.07, 6.45) is -4.03. The minimum Gasteiger partial charge on any atom is -0.481 e. The number of ether oxygens (including phenoxy) is 1. The van der Waals surface area contributed by atoms with Crippen molar-refractivity contribution < 1.29 is 33.9 Å². The molecule has 1 unspecified atom stereocenters. The van der Waals surface area contributed by atoms with Gasteiger partial charge in [-0.15, -0.1) is 0 Å². The van der Waals surface area contributed by atoms with Crippen molar-refractivity contribution in [3.05, 3.63) is 35.9 Å². The number of hydrogen-bond acceptors (Lipinski definition) is 6. The van der Waals surface area contributed by atoms with Gasteiger partial charge in [-0.3, -0.25) is 4.79 Å². The highest BCUT2D eigenvalue weighted by molar-refractivity contribution is 7.10. The van der Waals surface area contributed by atoms with E-state index in [9.17, 15) is 19.5 Å². The molecule has 0 heterocycles. The number of hydrogen-bond donors (Lipinski definition) is 2. The molecule has 0 saturated carbocycles. The summed E-state index contributed by atoms with van der Waals surface area (Å²) in [6, 6.07) is 8.01. The van der Waals surface area contributed by atoms with Gasteiger partial charge in [0.2, 0.25) is 6.10 Å². The molecule has 1 aromatic rings. The molecule has 0 aromatic heterocycles. The predicted octanol–water partition coefficient (Wildman–Crippen LogP) is 0.440. The quantitative estimate of drug-likeness (QED) is 0.579. The van der Waals surface area contributed by atoms with E-state index in [-0.39, 0.29) is 0 Å². The van der Waals surface area contributed by atoms with Gasteiger partial charge in [0.25, 0.3) is 0 Å². The highest BCUT2D eigenvalue weighted by Gasteiger charge is 2.29. The Morgan fingerprint density at radius 3 is 2.25 bits per heavy atom. The van der Waals surface area contributed by atoms with Crippen molar-refractivity contribution in [2.24, 2.45) is 0 Å². The number of carbonyl (C=O) groups is 3. The highest BCUT2D eigenvalue weighted by atomic mass is 31.0. The van der Waals surface area contributed by atoms with Gasteiger partial charge in [-0.05, 0) is 0 Å². The summed E-state index contributed by atoms with van der Waals surface area (Å²) in [4.78, 5) is 33.5. The van der Waals surface area contributed by atoms with Gasteiger partial charge in [0.15, 0.2) is 6.10 Å². The number of carbonyl (C=O) groups excluding carboxylic acids is 2. The van der Waals surface area contributed by atoms with Crippen molar-refractivity contribution >= 4 is 27.4 Å². The van der Waals surface area contributed by atoms with Crippen molar-refractivity contribution in [2.45, 2.75) is 18.6 Å². The summed E-state index contributed by atoms with van der Waals surface area (Å²) in [7, 11) is 1.73. The van der Waals surface area contributed by atoms with Crippen molar-refractivity contribution in [3.63, 3.8) is 0 Å². The summed E-state index contributed by atoms with van der Waals surface area (Å²) in [6.45, 7) is 0. The Labute approximate surface area is 116 Å². The zero-order valence-corrected chi connectivity index (χ0v) is 11.4. The van der Waals surface area contributed by atoms with Crippen LogP contribution in [0.1, 0.15) is 18.1 Å². The Bertz CT molecular complexity index is 488. The van der Waals surface area contributed by atoms with E-state index >= 15 is 0 Å². The number of carboxylic acids is 1. The molecule has 0 spiro atoms. The Balaban J connectivity index is 2.84. The second-order valence-corrected chi connectivity index (χ2v) is 4.01. The van der Waals surface area contributed by atoms with Crippen molar-refractivity contribution in [2.75, 3.05) is 0 Å². The van der Waals surface area contributed by atoms with Gasteiger partial charge in [0.05, 0.1) is 15.9 Å². The number of carboxylic acid groups (broad SMARTS) is 1. The number of aliphatic hydroxyl groups is 1. The lowest BCUT2D eigenvalue weighted by Gasteiger charge is -2.17. The largest absolute Gasteiger partial charge is 0.481 e. The van der Waals surface area contributed by atoms with E-state index in [2.05, 4.69) is 4.52 Å². The van der Waals surface area contributed by atoms with Crippen LogP contribution >= 0.6 is 9.47 Å². The normalized spacial score (nSPS) is 13.1. The molecule has 1 aromatic carbocycles. The van der Waals surface area contributed by atoms with Crippen LogP contribution in [0.25, 0.3) is 0 Å². The zero-order valence-electron chi connectivity index (χ0n) is 10.3. The summed E-state index contributed by atoms with van der Waals surface area (Å²) < 4.78 is 9.24. The maximum atomic E-state index is 11.6. The summed E-state index contributed by atoms with van der Waals surface area (Å²) in [5.41, 5.74) is 0.343. The maximum Gasteiger partial charge on any atom is 0.354 e. The first-order valence-corrected chi connectivity index (χ1v) is 5.98. The zero-order chi connectivity index (χ0) is 15.1. The Kier molecular flexibility index (Phi) is 6.09. The Morgan fingerprint density at radius 1 is 1.15 bits per heavy atom. The molecule has 20 heavy (non-hydrogen) atoms. The molecular weight excluding hydrogens is 287 g/mol. The molecular formula is C12H13O7P. The minimum atomic E-state index is -1.85. The fourth-order valence-electron chi connectivity index (χ4n) is 1.39. The van der Waals surface area contributed by atoms with E-state index < -0.39 is 36.5 Å². The fourth-order valence-corrected chi connectivity index (χ4v) is 1.51. The SMILES string of the molecule is O=C(O)C[C@H](O)C(=O)O[C@H](C(=O)OP)c1ccccc1. The van der Waals surface area contributed by atoms with Crippen LogP contribution in [0.2, 0.25) is 0 Å². The van der Waals surface area contributed by atoms with Crippen LogP contribution in [0.3, 0.4) is 0 Å². The van der Waals surface area contributed by atoms with Crippen LogP contribution < -0.4 is 0 Å². The molecule has 0 aliphatic rings. The topological polar surface area (TPSA) is 110 Å². The standard InChI is InChI=1S/C12H13O7P/c13-8(6-9(14)15)11(16)18-10(12(17)19-20)7-4-2-1-3-5-7/h1-5,8,10,13H,6,20H2,(H,14,15)/t8-,10-/m0/s1. The first-order chi connectivity index (χ1) is 9.45. The monoisotopic (exact) mass is 300 g/mol. The lowest BCUT2D eigenvalue weighted by Crippen LogP contribution is -2.29. The van der Waals surface area contributed by atoms with Crippen LogP contribution in [-0.4, -0.2) is 34.2 Å². The molecule has 8 heteroatoms. The Morgan fingerprint density at radius 2 is 1.75 bits per heavy atom. The molecule has 3 atom stereocenters. The summed E-state index contributed by atoms with van der Waals surface area (Å²) in [5.74, 6) is -3.44. The molecule has 0 amide bonds. The average molecular weight is 300 g/mol. The van der Waals surface area contributed by atoms with Gasteiger partial charge in [0.1, 0.15) is 0 Å². The molecule has 2 N–H and O–H groups in total. The van der Waals surface area contributed by atoms with Gasteiger partial charge in [-0.2, -0.15) is 0 Å². The number of benzene rings is 1. The van der Waals surface area contributed by atoms with Gasteiger partial charge in [0, 0.05) is 5.56 Å². The summed E-state index contributed by atoms with van der Waals surface area (Å²) in [5, 5.41) is 17.8. The number of aliphatic carboxylic acids is 1. The molecule has 0 aliphatic heterocycles. The number of rotatable bonds is 6. The molecule has 1 rings (SSSR count). The highest BCUT2D eigenvalue weighted by Crippen LogP contribution is 2.21. The van der Waals surface area contributed by atoms with Crippen LogP contribution in [0.4, 0.5) is 0 Å². The summed E-state index contributed by atoms with van der Waals surface area (Å²) >= 11 is 0. The molecule has 108 valence electrons.